The number of anilines is 2. The van der Waals surface area contributed by atoms with Gasteiger partial charge in [-0.2, -0.15) is 0 Å². The Morgan fingerprint density at radius 2 is 1.88 bits per heavy atom. The summed E-state index contributed by atoms with van der Waals surface area (Å²) in [5.74, 6) is -0.562. The quantitative estimate of drug-likeness (QED) is 0.346. The first-order valence-corrected chi connectivity index (χ1v) is 12.6. The second-order valence-corrected chi connectivity index (χ2v) is 9.62. The van der Waals surface area contributed by atoms with Crippen LogP contribution in [-0.4, -0.2) is 23.3 Å². The minimum Gasteiger partial charge on any atom is -0.312 e. The molecule has 5 rings (SSSR count). The molecule has 1 atom stereocenters. The van der Waals surface area contributed by atoms with Gasteiger partial charge in [0.1, 0.15) is 0 Å². The van der Waals surface area contributed by atoms with Crippen molar-refractivity contribution in [3.05, 3.63) is 77.7 Å². The number of aryl methyl sites for hydroxylation is 1. The average molecular weight is 470 g/mol. The highest BCUT2D eigenvalue weighted by atomic mass is 32.1. The minimum absolute atomic E-state index is 0.0163. The maximum Gasteiger partial charge on any atom is 0.231 e. The third-order valence-electron chi connectivity index (χ3n) is 6.34. The highest BCUT2D eigenvalue weighted by molar-refractivity contribution is 7.14. The van der Waals surface area contributed by atoms with E-state index in [1.54, 1.807) is 4.90 Å². The van der Waals surface area contributed by atoms with Gasteiger partial charge in [-0.25, -0.2) is 4.98 Å². The lowest BCUT2D eigenvalue weighted by atomic mass is 10.1. The first-order chi connectivity index (χ1) is 16.6. The van der Waals surface area contributed by atoms with Gasteiger partial charge in [0, 0.05) is 29.6 Å². The van der Waals surface area contributed by atoms with Crippen molar-refractivity contribution in [3.8, 4) is 11.3 Å². The summed E-state index contributed by atoms with van der Waals surface area (Å²) in [6.07, 6.45) is 3.58. The fraction of sp³-hybridized carbons (Fsp3) is 0.250. The Hall–Kier alpha value is -3.51. The number of unbranched alkanes of at least 4 members (excludes halogenated alkanes) is 1. The summed E-state index contributed by atoms with van der Waals surface area (Å²) >= 11 is 1.40. The van der Waals surface area contributed by atoms with E-state index in [1.165, 1.54) is 22.3 Å². The van der Waals surface area contributed by atoms with Crippen LogP contribution in [0.25, 0.3) is 22.0 Å². The van der Waals surface area contributed by atoms with Crippen LogP contribution < -0.4 is 10.2 Å². The number of amides is 2. The van der Waals surface area contributed by atoms with Crippen molar-refractivity contribution >= 4 is 44.7 Å². The van der Waals surface area contributed by atoms with Crippen molar-refractivity contribution in [2.75, 3.05) is 16.8 Å². The molecule has 0 spiro atoms. The summed E-state index contributed by atoms with van der Waals surface area (Å²) in [4.78, 5) is 31.9. The van der Waals surface area contributed by atoms with Crippen LogP contribution in [0.1, 0.15) is 31.7 Å². The van der Waals surface area contributed by atoms with E-state index < -0.39 is 0 Å². The number of aromatic nitrogens is 1. The van der Waals surface area contributed by atoms with E-state index in [0.29, 0.717) is 11.7 Å². The van der Waals surface area contributed by atoms with Crippen LogP contribution in [0.2, 0.25) is 0 Å². The summed E-state index contributed by atoms with van der Waals surface area (Å²) in [5, 5.41) is 7.77. The molecular weight excluding hydrogens is 442 g/mol. The van der Waals surface area contributed by atoms with Gasteiger partial charge in [0.2, 0.25) is 11.8 Å². The molecule has 5 nitrogen and oxygen atoms in total. The molecule has 0 aliphatic carbocycles. The molecule has 0 bridgehead atoms. The zero-order valence-corrected chi connectivity index (χ0v) is 20.0. The van der Waals surface area contributed by atoms with Gasteiger partial charge in [0.05, 0.1) is 11.6 Å². The van der Waals surface area contributed by atoms with Crippen LogP contribution >= 0.6 is 11.3 Å². The molecule has 1 fully saturated rings. The van der Waals surface area contributed by atoms with E-state index in [-0.39, 0.29) is 24.2 Å². The molecule has 0 saturated carbocycles. The predicted molar refractivity (Wildman–Crippen MR) is 139 cm³/mol. The number of carbonyl (C=O) groups excluding carboxylic acids is 2. The van der Waals surface area contributed by atoms with Gasteiger partial charge in [-0.3, -0.25) is 9.59 Å². The molecule has 3 aromatic carbocycles. The predicted octanol–water partition coefficient (Wildman–Crippen LogP) is 6.30. The zero-order chi connectivity index (χ0) is 23.5. The van der Waals surface area contributed by atoms with E-state index in [0.717, 1.165) is 41.6 Å². The normalized spacial score (nSPS) is 15.7. The van der Waals surface area contributed by atoms with Crippen molar-refractivity contribution in [3.63, 3.8) is 0 Å². The van der Waals surface area contributed by atoms with Crippen LogP contribution in [0.3, 0.4) is 0 Å². The number of hydrogen-bond donors (Lipinski definition) is 1. The van der Waals surface area contributed by atoms with Crippen molar-refractivity contribution in [1.82, 2.24) is 4.98 Å². The molecule has 1 aliphatic heterocycles. The Morgan fingerprint density at radius 1 is 1.09 bits per heavy atom. The van der Waals surface area contributed by atoms with E-state index in [1.807, 2.05) is 35.7 Å². The molecule has 2 amide bonds. The molecule has 1 N–H and O–H groups in total. The molecule has 34 heavy (non-hydrogen) atoms. The monoisotopic (exact) mass is 469 g/mol. The van der Waals surface area contributed by atoms with Gasteiger partial charge in [0.15, 0.2) is 5.13 Å². The average Bonchev–Trinajstić information content (AvgIpc) is 3.49. The van der Waals surface area contributed by atoms with Crippen LogP contribution in [0.5, 0.6) is 0 Å². The third kappa shape index (κ3) is 4.73. The van der Waals surface area contributed by atoms with Gasteiger partial charge >= 0.3 is 0 Å². The molecule has 1 aromatic heterocycles. The van der Waals surface area contributed by atoms with Crippen molar-refractivity contribution in [2.45, 2.75) is 32.6 Å². The lowest BCUT2D eigenvalue weighted by molar-refractivity contribution is -0.122. The smallest absolute Gasteiger partial charge is 0.231 e. The molecule has 1 aliphatic rings. The lowest BCUT2D eigenvalue weighted by Gasteiger charge is -2.17. The fourth-order valence-corrected chi connectivity index (χ4v) is 5.10. The molecule has 4 aromatic rings. The maximum atomic E-state index is 12.9. The van der Waals surface area contributed by atoms with Gasteiger partial charge in [0.25, 0.3) is 0 Å². The standard InChI is InChI=1S/C28H27N3O2S/c1-2-3-6-19-9-13-24(14-10-19)31-17-23(16-26(31)32)27(33)30-28-29-25(18-34-28)22-12-11-20-7-4-5-8-21(20)15-22/h4-5,7-15,18,23H,2-3,6,16-17H2,1H3,(H,29,30,33). The van der Waals surface area contributed by atoms with E-state index in [4.69, 9.17) is 0 Å². The first-order valence-electron chi connectivity index (χ1n) is 11.8. The number of carbonyl (C=O) groups is 2. The number of hydrogen-bond acceptors (Lipinski definition) is 4. The Kier molecular flexibility index (Phi) is 6.41. The third-order valence-corrected chi connectivity index (χ3v) is 7.10. The maximum absolute atomic E-state index is 12.9. The Morgan fingerprint density at radius 3 is 2.68 bits per heavy atom. The van der Waals surface area contributed by atoms with Crippen molar-refractivity contribution in [1.29, 1.82) is 0 Å². The van der Waals surface area contributed by atoms with E-state index in [9.17, 15) is 9.59 Å². The number of nitrogens with zero attached hydrogens (tertiary/aromatic N) is 2. The summed E-state index contributed by atoms with van der Waals surface area (Å²) in [6.45, 7) is 2.57. The van der Waals surface area contributed by atoms with E-state index >= 15 is 0 Å². The minimum atomic E-state index is -0.389. The second kappa shape index (κ2) is 9.77. The summed E-state index contributed by atoms with van der Waals surface area (Å²) in [5.41, 5.74) is 3.98. The topological polar surface area (TPSA) is 62.3 Å². The van der Waals surface area contributed by atoms with Gasteiger partial charge in [-0.05, 0) is 47.4 Å². The lowest BCUT2D eigenvalue weighted by Crippen LogP contribution is -2.28. The van der Waals surface area contributed by atoms with E-state index in [2.05, 4.69) is 53.6 Å². The van der Waals surface area contributed by atoms with Gasteiger partial charge in [-0.1, -0.05) is 61.9 Å². The molecule has 6 heteroatoms. The van der Waals surface area contributed by atoms with Crippen LogP contribution in [-0.2, 0) is 16.0 Å². The number of benzene rings is 3. The Balaban J connectivity index is 1.23. The molecule has 2 heterocycles. The summed E-state index contributed by atoms with van der Waals surface area (Å²) < 4.78 is 0. The first kappa shape index (κ1) is 22.3. The second-order valence-electron chi connectivity index (χ2n) is 8.76. The summed E-state index contributed by atoms with van der Waals surface area (Å²) in [6, 6.07) is 22.6. The molecule has 1 saturated heterocycles. The highest BCUT2D eigenvalue weighted by Crippen LogP contribution is 2.30. The molecule has 172 valence electrons. The van der Waals surface area contributed by atoms with Crippen LogP contribution in [0, 0.1) is 5.92 Å². The fourth-order valence-electron chi connectivity index (χ4n) is 4.38. The van der Waals surface area contributed by atoms with Gasteiger partial charge < -0.3 is 10.2 Å². The Labute approximate surface area is 203 Å². The molecular formula is C28H27N3O2S. The van der Waals surface area contributed by atoms with Crippen LogP contribution in [0.4, 0.5) is 10.8 Å². The zero-order valence-electron chi connectivity index (χ0n) is 19.2. The summed E-state index contributed by atoms with van der Waals surface area (Å²) in [7, 11) is 0. The van der Waals surface area contributed by atoms with Crippen molar-refractivity contribution < 1.29 is 9.59 Å². The van der Waals surface area contributed by atoms with Gasteiger partial charge in [-0.15, -0.1) is 11.3 Å². The SMILES string of the molecule is CCCCc1ccc(N2CC(C(=O)Nc3nc(-c4ccc5ccccc5c4)cs3)CC2=O)cc1. The largest absolute Gasteiger partial charge is 0.312 e. The Bertz CT molecular complexity index is 1330. The van der Waals surface area contributed by atoms with Crippen molar-refractivity contribution in [2.24, 2.45) is 5.92 Å². The van der Waals surface area contributed by atoms with Crippen LogP contribution in [0.15, 0.2) is 72.1 Å². The number of nitrogens with one attached hydrogen (secondary N) is 1. The highest BCUT2D eigenvalue weighted by Gasteiger charge is 2.35. The molecule has 1 unspecified atom stereocenters. The number of fused-ring (bicyclic) bond motifs is 1. The number of rotatable bonds is 7. The number of thiazole rings is 1. The molecule has 0 radical (unpaired) electrons.